The Kier molecular flexibility index (Phi) is 6.18. The largest absolute Gasteiger partial charge is 0.383 e. The average Bonchev–Trinajstić information content (AvgIpc) is 3.46. The molecular formula is C26H23N3O3S3. The number of thiophene rings is 1. The van der Waals surface area contributed by atoms with Gasteiger partial charge in [-0.2, -0.15) is 0 Å². The summed E-state index contributed by atoms with van der Waals surface area (Å²) >= 11 is 4.62. The number of para-hydroxylation sites is 2. The fourth-order valence-corrected chi connectivity index (χ4v) is 7.95. The molecule has 0 atom stereocenters. The molecule has 2 aromatic heterocycles. The lowest BCUT2D eigenvalue weighted by molar-refractivity contribution is -0.115. The molecule has 0 bridgehead atoms. The maximum atomic E-state index is 13.6. The molecule has 2 aromatic carbocycles. The Morgan fingerprint density at radius 2 is 1.80 bits per heavy atom. The van der Waals surface area contributed by atoms with Crippen LogP contribution in [-0.2, 0) is 28.9 Å². The van der Waals surface area contributed by atoms with Crippen molar-refractivity contribution in [2.75, 3.05) is 24.4 Å². The standard InChI is InChI=1S/C26H23N3O3S3/c1-32-14-13-28-25(31)23-16-7-6-12-19(16)35-24(23)27-26(28)33-15-22(30)29-17-8-2-4-10-20(17)34-21-11-5-3-9-18(21)29/h2-5,8-11H,6-7,12-15H2,1H3. The maximum Gasteiger partial charge on any atom is 0.263 e. The van der Waals surface area contributed by atoms with Crippen molar-refractivity contribution < 1.29 is 9.53 Å². The van der Waals surface area contributed by atoms with Gasteiger partial charge in [-0.25, -0.2) is 4.98 Å². The van der Waals surface area contributed by atoms with E-state index in [0.717, 1.165) is 50.6 Å². The molecule has 6 nitrogen and oxygen atoms in total. The molecule has 0 unspecified atom stereocenters. The first-order valence-corrected chi connectivity index (χ1v) is 14.1. The molecule has 178 valence electrons. The van der Waals surface area contributed by atoms with Gasteiger partial charge in [0, 0.05) is 21.8 Å². The van der Waals surface area contributed by atoms with Crippen LogP contribution >= 0.6 is 34.9 Å². The molecule has 0 saturated carbocycles. The SMILES string of the molecule is COCCn1c(SCC(=O)N2c3ccccc3Sc3ccccc32)nc2sc3c(c2c1=O)CCC3. The average molecular weight is 522 g/mol. The highest BCUT2D eigenvalue weighted by molar-refractivity contribution is 8.00. The van der Waals surface area contributed by atoms with E-state index in [-0.39, 0.29) is 17.2 Å². The highest BCUT2D eigenvalue weighted by Gasteiger charge is 2.29. The Morgan fingerprint density at radius 3 is 2.51 bits per heavy atom. The summed E-state index contributed by atoms with van der Waals surface area (Å²) in [5.74, 6) is 0.125. The summed E-state index contributed by atoms with van der Waals surface area (Å²) in [5.41, 5.74) is 2.92. The van der Waals surface area contributed by atoms with Gasteiger partial charge in [-0.05, 0) is 49.1 Å². The van der Waals surface area contributed by atoms with Gasteiger partial charge >= 0.3 is 0 Å². The molecule has 3 heterocycles. The topological polar surface area (TPSA) is 64.4 Å². The predicted octanol–water partition coefficient (Wildman–Crippen LogP) is 5.51. The fourth-order valence-electron chi connectivity index (χ4n) is 4.71. The molecular weight excluding hydrogens is 499 g/mol. The van der Waals surface area contributed by atoms with Crippen molar-refractivity contribution in [3.05, 3.63) is 69.3 Å². The van der Waals surface area contributed by atoms with Crippen LogP contribution in [0.5, 0.6) is 0 Å². The van der Waals surface area contributed by atoms with Crippen LogP contribution in [0, 0.1) is 0 Å². The number of nitrogens with zero attached hydrogens (tertiary/aromatic N) is 3. The number of aryl methyl sites for hydroxylation is 2. The minimum atomic E-state index is -0.0449. The quantitative estimate of drug-likeness (QED) is 0.246. The Morgan fingerprint density at radius 1 is 1.09 bits per heavy atom. The Bertz CT molecular complexity index is 1470. The summed E-state index contributed by atoms with van der Waals surface area (Å²) in [4.78, 5) is 38.0. The van der Waals surface area contributed by atoms with E-state index >= 15 is 0 Å². The Hall–Kier alpha value is -2.59. The molecule has 1 amide bonds. The number of rotatable bonds is 6. The summed E-state index contributed by atoms with van der Waals surface area (Å²) in [6.45, 7) is 0.816. The van der Waals surface area contributed by atoms with Gasteiger partial charge in [0.05, 0.1) is 35.7 Å². The van der Waals surface area contributed by atoms with Gasteiger partial charge in [0.25, 0.3) is 5.56 Å². The fraction of sp³-hybridized carbons (Fsp3) is 0.269. The van der Waals surface area contributed by atoms with Crippen molar-refractivity contribution >= 4 is 62.4 Å². The van der Waals surface area contributed by atoms with Crippen LogP contribution in [0.4, 0.5) is 11.4 Å². The third kappa shape index (κ3) is 4.00. The predicted molar refractivity (Wildman–Crippen MR) is 143 cm³/mol. The zero-order chi connectivity index (χ0) is 23.9. The molecule has 6 rings (SSSR count). The van der Waals surface area contributed by atoms with Crippen LogP contribution in [-0.4, -0.2) is 34.9 Å². The van der Waals surface area contributed by atoms with E-state index in [1.54, 1.807) is 39.7 Å². The molecule has 1 aliphatic carbocycles. The van der Waals surface area contributed by atoms with Crippen molar-refractivity contribution in [2.24, 2.45) is 0 Å². The molecule has 0 saturated heterocycles. The summed E-state index contributed by atoms with van der Waals surface area (Å²) < 4.78 is 6.95. The summed E-state index contributed by atoms with van der Waals surface area (Å²) in [5, 5.41) is 1.32. The van der Waals surface area contributed by atoms with Gasteiger partial charge in [0.15, 0.2) is 5.16 Å². The van der Waals surface area contributed by atoms with Crippen molar-refractivity contribution in [3.8, 4) is 0 Å². The van der Waals surface area contributed by atoms with E-state index in [2.05, 4.69) is 0 Å². The zero-order valence-electron chi connectivity index (χ0n) is 19.2. The lowest BCUT2D eigenvalue weighted by atomic mass is 10.2. The highest BCUT2D eigenvalue weighted by Crippen LogP contribution is 2.48. The molecule has 35 heavy (non-hydrogen) atoms. The number of benzene rings is 2. The number of ether oxygens (including phenoxy) is 1. The first kappa shape index (κ1) is 22.8. The number of carbonyl (C=O) groups is 1. The molecule has 1 aliphatic heterocycles. The van der Waals surface area contributed by atoms with Gasteiger partial charge in [0.2, 0.25) is 5.91 Å². The van der Waals surface area contributed by atoms with E-state index < -0.39 is 0 Å². The lowest BCUT2D eigenvalue weighted by Gasteiger charge is -2.31. The number of amides is 1. The Labute approximate surface area is 215 Å². The molecule has 0 spiro atoms. The number of fused-ring (bicyclic) bond motifs is 5. The maximum absolute atomic E-state index is 13.6. The molecule has 0 fully saturated rings. The number of hydrogen-bond acceptors (Lipinski definition) is 7. The third-order valence-electron chi connectivity index (χ3n) is 6.32. The molecule has 2 aliphatic rings. The second-order valence-corrected chi connectivity index (χ2v) is 11.5. The molecule has 0 radical (unpaired) electrons. The van der Waals surface area contributed by atoms with Crippen LogP contribution in [0.2, 0.25) is 0 Å². The van der Waals surface area contributed by atoms with Crippen LogP contribution in [0.25, 0.3) is 10.2 Å². The van der Waals surface area contributed by atoms with Crippen LogP contribution in [0.3, 0.4) is 0 Å². The van der Waals surface area contributed by atoms with Crippen molar-refractivity contribution in [1.82, 2.24) is 9.55 Å². The van der Waals surface area contributed by atoms with E-state index in [1.807, 2.05) is 48.5 Å². The minimum absolute atomic E-state index is 0.0218. The second kappa shape index (κ2) is 9.46. The highest BCUT2D eigenvalue weighted by atomic mass is 32.2. The number of aromatic nitrogens is 2. The van der Waals surface area contributed by atoms with E-state index in [1.165, 1.54) is 22.2 Å². The summed E-state index contributed by atoms with van der Waals surface area (Å²) in [6.07, 6.45) is 3.05. The van der Waals surface area contributed by atoms with Gasteiger partial charge in [-0.15, -0.1) is 11.3 Å². The van der Waals surface area contributed by atoms with Gasteiger partial charge in [-0.1, -0.05) is 47.8 Å². The number of carbonyl (C=O) groups excluding carboxylic acids is 1. The number of anilines is 2. The summed E-state index contributed by atoms with van der Waals surface area (Å²) in [7, 11) is 1.62. The Balaban J connectivity index is 1.35. The lowest BCUT2D eigenvalue weighted by Crippen LogP contribution is -2.31. The van der Waals surface area contributed by atoms with Crippen molar-refractivity contribution in [3.63, 3.8) is 0 Å². The monoisotopic (exact) mass is 521 g/mol. The van der Waals surface area contributed by atoms with Crippen LogP contribution < -0.4 is 10.5 Å². The van der Waals surface area contributed by atoms with Crippen LogP contribution in [0.1, 0.15) is 16.9 Å². The number of hydrogen-bond donors (Lipinski definition) is 0. The molecule has 9 heteroatoms. The van der Waals surface area contributed by atoms with Crippen molar-refractivity contribution in [2.45, 2.75) is 40.8 Å². The van der Waals surface area contributed by atoms with Crippen LogP contribution in [0.15, 0.2) is 68.3 Å². The number of methoxy groups -OCH3 is 1. The second-order valence-electron chi connectivity index (χ2n) is 8.44. The zero-order valence-corrected chi connectivity index (χ0v) is 21.6. The third-order valence-corrected chi connectivity index (χ3v) is 9.59. The normalized spacial score (nSPS) is 14.1. The van der Waals surface area contributed by atoms with E-state index in [0.29, 0.717) is 18.3 Å². The van der Waals surface area contributed by atoms with E-state index in [4.69, 9.17) is 9.72 Å². The van der Waals surface area contributed by atoms with Gasteiger partial charge in [0.1, 0.15) is 4.83 Å². The number of thioether (sulfide) groups is 1. The van der Waals surface area contributed by atoms with E-state index in [9.17, 15) is 9.59 Å². The molecule has 0 N–H and O–H groups in total. The molecule has 4 aromatic rings. The van der Waals surface area contributed by atoms with Crippen molar-refractivity contribution in [1.29, 1.82) is 0 Å². The first-order valence-electron chi connectivity index (χ1n) is 11.5. The van der Waals surface area contributed by atoms with Gasteiger partial charge in [-0.3, -0.25) is 19.1 Å². The smallest absolute Gasteiger partial charge is 0.263 e. The summed E-state index contributed by atoms with van der Waals surface area (Å²) in [6, 6.07) is 15.9. The van der Waals surface area contributed by atoms with Gasteiger partial charge < -0.3 is 4.74 Å². The minimum Gasteiger partial charge on any atom is -0.383 e. The first-order chi connectivity index (χ1) is 17.2.